The molecule has 0 aliphatic heterocycles. The number of benzene rings is 2. The summed E-state index contributed by atoms with van der Waals surface area (Å²) in [5.74, 6) is -0.128. The van der Waals surface area contributed by atoms with Crippen LogP contribution >= 0.6 is 11.6 Å². The highest BCUT2D eigenvalue weighted by molar-refractivity contribution is 6.31. The average molecular weight is 450 g/mol. The van der Waals surface area contributed by atoms with Gasteiger partial charge in [0.05, 0.1) is 6.54 Å². The molecule has 0 bridgehead atoms. The molecular formula is C24H24ClN5O2. The van der Waals surface area contributed by atoms with Crippen LogP contribution in [0.1, 0.15) is 34.0 Å². The van der Waals surface area contributed by atoms with Crippen molar-refractivity contribution in [2.75, 3.05) is 5.32 Å². The molecule has 0 spiro atoms. The Morgan fingerprint density at radius 3 is 2.50 bits per heavy atom. The summed E-state index contributed by atoms with van der Waals surface area (Å²) in [7, 11) is 0. The summed E-state index contributed by atoms with van der Waals surface area (Å²) in [5, 5.41) is 9.29. The van der Waals surface area contributed by atoms with Crippen LogP contribution in [0.25, 0.3) is 0 Å². The van der Waals surface area contributed by atoms with Crippen LogP contribution in [0.3, 0.4) is 0 Å². The number of amides is 2. The van der Waals surface area contributed by atoms with Gasteiger partial charge in [-0.3, -0.25) is 19.9 Å². The Labute approximate surface area is 191 Å². The molecule has 0 unspecified atom stereocenters. The second kappa shape index (κ2) is 11.1. The van der Waals surface area contributed by atoms with Crippen LogP contribution < -0.4 is 16.0 Å². The Kier molecular flexibility index (Phi) is 7.94. The quantitative estimate of drug-likeness (QED) is 0.390. The summed E-state index contributed by atoms with van der Waals surface area (Å²) >= 11 is 6.23. The number of aryl methyl sites for hydroxylation is 1. The Hall–Kier alpha value is -3.71. The van der Waals surface area contributed by atoms with Crippen LogP contribution in [0.2, 0.25) is 5.02 Å². The molecular weight excluding hydrogens is 426 g/mol. The van der Waals surface area contributed by atoms with Crippen molar-refractivity contribution >= 4 is 35.1 Å². The number of carbonyl (C=O) groups is 2. The van der Waals surface area contributed by atoms with Gasteiger partial charge in [0.25, 0.3) is 5.91 Å². The van der Waals surface area contributed by atoms with Crippen LogP contribution in [-0.4, -0.2) is 22.8 Å². The number of nitrogens with one attached hydrogen (secondary N) is 3. The third-order valence-electron chi connectivity index (χ3n) is 4.57. The molecule has 0 atom stereocenters. The molecule has 3 rings (SSSR count). The number of hydrogen-bond acceptors (Lipinski definition) is 4. The van der Waals surface area contributed by atoms with Gasteiger partial charge in [-0.1, -0.05) is 35.9 Å². The number of guanidine groups is 1. The molecule has 1 aromatic heterocycles. The monoisotopic (exact) mass is 449 g/mol. The van der Waals surface area contributed by atoms with E-state index in [2.05, 4.69) is 25.9 Å². The largest absolute Gasteiger partial charge is 0.352 e. The van der Waals surface area contributed by atoms with Gasteiger partial charge in [0, 0.05) is 42.1 Å². The summed E-state index contributed by atoms with van der Waals surface area (Å²) in [4.78, 5) is 32.5. The van der Waals surface area contributed by atoms with Crippen molar-refractivity contribution in [1.29, 1.82) is 0 Å². The Balaban J connectivity index is 1.75. The van der Waals surface area contributed by atoms with Crippen molar-refractivity contribution in [1.82, 2.24) is 15.6 Å². The summed E-state index contributed by atoms with van der Waals surface area (Å²) in [6.07, 6.45) is 3.41. The van der Waals surface area contributed by atoms with Gasteiger partial charge in [-0.15, -0.1) is 0 Å². The van der Waals surface area contributed by atoms with Gasteiger partial charge >= 0.3 is 0 Å². The molecule has 164 valence electrons. The third-order valence-corrected chi connectivity index (χ3v) is 4.97. The Bertz CT molecular complexity index is 1110. The average Bonchev–Trinajstić information content (AvgIpc) is 2.79. The Morgan fingerprint density at radius 2 is 1.84 bits per heavy atom. The molecule has 3 aromatic rings. The van der Waals surface area contributed by atoms with Crippen molar-refractivity contribution in [3.63, 3.8) is 0 Å². The molecule has 0 aliphatic rings. The lowest BCUT2D eigenvalue weighted by Gasteiger charge is -2.13. The lowest BCUT2D eigenvalue weighted by molar-refractivity contribution is -0.119. The zero-order valence-electron chi connectivity index (χ0n) is 17.9. The van der Waals surface area contributed by atoms with E-state index in [-0.39, 0.29) is 11.8 Å². The number of anilines is 1. The van der Waals surface area contributed by atoms with E-state index in [9.17, 15) is 9.59 Å². The van der Waals surface area contributed by atoms with E-state index < -0.39 is 0 Å². The zero-order valence-corrected chi connectivity index (χ0v) is 18.6. The molecule has 0 radical (unpaired) electrons. The van der Waals surface area contributed by atoms with Gasteiger partial charge in [-0.2, -0.15) is 0 Å². The molecule has 0 fully saturated rings. The van der Waals surface area contributed by atoms with Crippen molar-refractivity contribution < 1.29 is 9.59 Å². The molecule has 2 amide bonds. The first kappa shape index (κ1) is 23.0. The van der Waals surface area contributed by atoms with Crippen LogP contribution in [-0.2, 0) is 17.9 Å². The van der Waals surface area contributed by atoms with E-state index in [4.69, 9.17) is 11.6 Å². The van der Waals surface area contributed by atoms with Gasteiger partial charge in [0.1, 0.15) is 0 Å². The van der Waals surface area contributed by atoms with E-state index in [0.717, 1.165) is 16.7 Å². The topological polar surface area (TPSA) is 95.5 Å². The van der Waals surface area contributed by atoms with E-state index in [1.807, 2.05) is 31.2 Å². The highest BCUT2D eigenvalue weighted by atomic mass is 35.5. The normalized spacial score (nSPS) is 11.0. The fourth-order valence-electron chi connectivity index (χ4n) is 2.76. The van der Waals surface area contributed by atoms with Crippen LogP contribution in [0, 0.1) is 6.92 Å². The zero-order chi connectivity index (χ0) is 22.9. The van der Waals surface area contributed by atoms with Gasteiger partial charge in [-0.25, -0.2) is 4.99 Å². The number of halogens is 1. The van der Waals surface area contributed by atoms with Gasteiger partial charge in [0.2, 0.25) is 11.9 Å². The van der Waals surface area contributed by atoms with Crippen LogP contribution in [0.4, 0.5) is 5.69 Å². The number of hydrogen-bond donors (Lipinski definition) is 3. The van der Waals surface area contributed by atoms with Crippen LogP contribution in [0.15, 0.2) is 72.0 Å². The summed E-state index contributed by atoms with van der Waals surface area (Å²) in [6.45, 7) is 4.12. The predicted octanol–water partition coefficient (Wildman–Crippen LogP) is 4.08. The first-order valence-corrected chi connectivity index (χ1v) is 10.4. The van der Waals surface area contributed by atoms with E-state index in [1.54, 1.807) is 42.7 Å². The number of rotatable bonds is 6. The second-order valence-corrected chi connectivity index (χ2v) is 7.58. The first-order chi connectivity index (χ1) is 15.4. The fraction of sp³-hybridized carbons (Fsp3) is 0.167. The predicted molar refractivity (Wildman–Crippen MR) is 127 cm³/mol. The van der Waals surface area contributed by atoms with Crippen molar-refractivity contribution in [2.45, 2.75) is 26.9 Å². The van der Waals surface area contributed by atoms with Crippen LogP contribution in [0.5, 0.6) is 0 Å². The standard InChI is InChI=1S/C24H24ClN5O2/c1-16-5-10-21(12-22(16)25)29-24(28-15-19-4-3-11-26-13-19)30-23(32)20-8-6-18(7-9-20)14-27-17(2)31/h3-13H,14-15H2,1-2H3,(H,27,31)(H2,28,29,30,32). The lowest BCUT2D eigenvalue weighted by atomic mass is 10.1. The number of nitrogens with zero attached hydrogens (tertiary/aromatic N) is 2. The lowest BCUT2D eigenvalue weighted by Crippen LogP contribution is -2.36. The number of aliphatic imine (C=N–C) groups is 1. The maximum absolute atomic E-state index is 12.8. The minimum Gasteiger partial charge on any atom is -0.352 e. The molecule has 7 nitrogen and oxygen atoms in total. The number of pyridine rings is 1. The number of carbonyl (C=O) groups excluding carboxylic acids is 2. The molecule has 0 saturated carbocycles. The van der Waals surface area contributed by atoms with E-state index >= 15 is 0 Å². The van der Waals surface area contributed by atoms with Crippen molar-refractivity contribution in [3.05, 3.63) is 94.3 Å². The molecule has 0 aliphatic carbocycles. The maximum atomic E-state index is 12.8. The minimum atomic E-state index is -0.313. The second-order valence-electron chi connectivity index (χ2n) is 7.18. The maximum Gasteiger partial charge on any atom is 0.257 e. The smallest absolute Gasteiger partial charge is 0.257 e. The molecule has 8 heteroatoms. The van der Waals surface area contributed by atoms with Gasteiger partial charge in [0.15, 0.2) is 0 Å². The van der Waals surface area contributed by atoms with E-state index in [1.165, 1.54) is 6.92 Å². The molecule has 0 saturated heterocycles. The number of aromatic nitrogens is 1. The molecule has 32 heavy (non-hydrogen) atoms. The fourth-order valence-corrected chi connectivity index (χ4v) is 2.94. The highest BCUT2D eigenvalue weighted by Gasteiger charge is 2.10. The Morgan fingerprint density at radius 1 is 1.06 bits per heavy atom. The molecule has 2 aromatic carbocycles. The van der Waals surface area contributed by atoms with Gasteiger partial charge in [-0.05, 0) is 53.9 Å². The molecule has 3 N–H and O–H groups in total. The third kappa shape index (κ3) is 6.92. The SMILES string of the molecule is CC(=O)NCc1ccc(C(=O)NC(=NCc2cccnc2)Nc2ccc(C)c(Cl)c2)cc1. The highest BCUT2D eigenvalue weighted by Crippen LogP contribution is 2.20. The van der Waals surface area contributed by atoms with Crippen molar-refractivity contribution in [3.8, 4) is 0 Å². The van der Waals surface area contributed by atoms with Crippen molar-refractivity contribution in [2.24, 2.45) is 4.99 Å². The van der Waals surface area contributed by atoms with E-state index in [0.29, 0.717) is 35.3 Å². The molecule has 1 heterocycles. The summed E-state index contributed by atoms with van der Waals surface area (Å²) < 4.78 is 0. The first-order valence-electron chi connectivity index (χ1n) is 10.0. The van der Waals surface area contributed by atoms with Gasteiger partial charge < -0.3 is 10.6 Å². The minimum absolute atomic E-state index is 0.108. The summed E-state index contributed by atoms with van der Waals surface area (Å²) in [5.41, 5.74) is 3.93. The summed E-state index contributed by atoms with van der Waals surface area (Å²) in [6, 6.07) is 16.3.